The zero-order chi connectivity index (χ0) is 22.2. The van der Waals surface area contributed by atoms with Crippen molar-refractivity contribution in [1.29, 1.82) is 0 Å². The summed E-state index contributed by atoms with van der Waals surface area (Å²) < 4.78 is 0. The first-order valence-electron chi connectivity index (χ1n) is 10.8. The van der Waals surface area contributed by atoms with E-state index in [0.717, 1.165) is 27.5 Å². The summed E-state index contributed by atoms with van der Waals surface area (Å²) >= 11 is 6.53. The molecule has 0 unspecified atom stereocenters. The quantitative estimate of drug-likeness (QED) is 0.261. The molecule has 4 heteroatoms. The summed E-state index contributed by atoms with van der Waals surface area (Å²) in [4.78, 5) is 14.6. The van der Waals surface area contributed by atoms with Crippen LogP contribution in [0.5, 0.6) is 0 Å². The van der Waals surface area contributed by atoms with Crippen molar-refractivity contribution in [3.8, 4) is 34.2 Å². The van der Waals surface area contributed by atoms with E-state index in [1.165, 1.54) is 10.8 Å². The minimum atomic E-state index is 0.557. The molecule has 1 heterocycles. The van der Waals surface area contributed by atoms with Gasteiger partial charge < -0.3 is 0 Å². The van der Waals surface area contributed by atoms with E-state index in [4.69, 9.17) is 26.6 Å². The Labute approximate surface area is 196 Å². The lowest BCUT2D eigenvalue weighted by Crippen LogP contribution is -2.01. The lowest BCUT2D eigenvalue weighted by Gasteiger charge is -2.12. The van der Waals surface area contributed by atoms with Crippen LogP contribution >= 0.6 is 11.6 Å². The minimum Gasteiger partial charge on any atom is -0.208 e. The fraction of sp³-hybridized carbons (Fsp3) is 0. The Morgan fingerprint density at radius 2 is 1.03 bits per heavy atom. The molecule has 0 saturated carbocycles. The summed E-state index contributed by atoms with van der Waals surface area (Å²) in [5.74, 6) is 1.80. The van der Waals surface area contributed by atoms with Crippen LogP contribution in [0.4, 0.5) is 0 Å². The van der Waals surface area contributed by atoms with Crippen LogP contribution in [0.25, 0.3) is 55.7 Å². The molecule has 0 bridgehead atoms. The van der Waals surface area contributed by atoms with Crippen LogP contribution in [0, 0.1) is 0 Å². The second-order valence-corrected chi connectivity index (χ2v) is 8.25. The third kappa shape index (κ3) is 3.53. The Bertz CT molecular complexity index is 1630. The summed E-state index contributed by atoms with van der Waals surface area (Å²) in [6.45, 7) is 0. The molecule has 6 rings (SSSR count). The zero-order valence-corrected chi connectivity index (χ0v) is 18.4. The topological polar surface area (TPSA) is 38.7 Å². The van der Waals surface area contributed by atoms with Crippen molar-refractivity contribution in [3.05, 3.63) is 114 Å². The maximum Gasteiger partial charge on any atom is 0.165 e. The molecule has 33 heavy (non-hydrogen) atoms. The van der Waals surface area contributed by atoms with Crippen molar-refractivity contribution < 1.29 is 0 Å². The number of benzene rings is 5. The van der Waals surface area contributed by atoms with E-state index in [0.29, 0.717) is 22.5 Å². The lowest BCUT2D eigenvalue weighted by molar-refractivity contribution is 1.08. The Morgan fingerprint density at radius 1 is 0.455 bits per heavy atom. The average Bonchev–Trinajstić information content (AvgIpc) is 2.89. The molecule has 0 spiro atoms. The number of nitrogens with zero attached hydrogens (tertiary/aromatic N) is 3. The van der Waals surface area contributed by atoms with E-state index >= 15 is 0 Å². The standard InChI is InChI=1S/C29H18ClN3/c30-26-17-9-8-16-24(26)28-31-27(19-10-2-1-3-11-19)32-29(33-28)25-18-20-12-4-5-13-21(20)22-14-6-7-15-23(22)25/h1-18H. The summed E-state index contributed by atoms with van der Waals surface area (Å²) in [5.41, 5.74) is 2.68. The molecular weight excluding hydrogens is 426 g/mol. The van der Waals surface area contributed by atoms with E-state index in [9.17, 15) is 0 Å². The Morgan fingerprint density at radius 3 is 1.82 bits per heavy atom. The number of hydrogen-bond acceptors (Lipinski definition) is 3. The van der Waals surface area contributed by atoms with Crippen LogP contribution in [0.2, 0.25) is 5.02 Å². The molecule has 0 aliphatic carbocycles. The van der Waals surface area contributed by atoms with E-state index in [1.807, 2.05) is 54.6 Å². The average molecular weight is 444 g/mol. The maximum absolute atomic E-state index is 6.53. The van der Waals surface area contributed by atoms with Gasteiger partial charge in [0.05, 0.1) is 5.02 Å². The van der Waals surface area contributed by atoms with Crippen molar-refractivity contribution in [2.24, 2.45) is 0 Å². The molecule has 0 radical (unpaired) electrons. The van der Waals surface area contributed by atoms with Crippen molar-refractivity contribution in [2.45, 2.75) is 0 Å². The summed E-state index contributed by atoms with van der Waals surface area (Å²) in [5, 5.41) is 5.24. The third-order valence-corrected chi connectivity index (χ3v) is 6.12. The number of hydrogen-bond donors (Lipinski definition) is 0. The smallest absolute Gasteiger partial charge is 0.165 e. The first-order chi connectivity index (χ1) is 16.3. The lowest BCUT2D eigenvalue weighted by atomic mass is 9.97. The van der Waals surface area contributed by atoms with E-state index in [2.05, 4.69) is 54.6 Å². The minimum absolute atomic E-state index is 0.557. The predicted molar refractivity (Wildman–Crippen MR) is 136 cm³/mol. The number of rotatable bonds is 3. The van der Waals surface area contributed by atoms with E-state index in [1.54, 1.807) is 0 Å². The third-order valence-electron chi connectivity index (χ3n) is 5.79. The Hall–Kier alpha value is -4.08. The van der Waals surface area contributed by atoms with Crippen LogP contribution in [0.1, 0.15) is 0 Å². The monoisotopic (exact) mass is 443 g/mol. The Balaban J connectivity index is 1.68. The molecule has 3 nitrogen and oxygen atoms in total. The highest BCUT2D eigenvalue weighted by molar-refractivity contribution is 6.33. The fourth-order valence-electron chi connectivity index (χ4n) is 4.21. The van der Waals surface area contributed by atoms with Gasteiger partial charge >= 0.3 is 0 Å². The largest absolute Gasteiger partial charge is 0.208 e. The number of fused-ring (bicyclic) bond motifs is 3. The molecule has 0 N–H and O–H groups in total. The van der Waals surface area contributed by atoms with Gasteiger partial charge in [0.15, 0.2) is 17.5 Å². The maximum atomic E-state index is 6.53. The van der Waals surface area contributed by atoms with Crippen LogP contribution < -0.4 is 0 Å². The molecule has 156 valence electrons. The molecule has 6 aromatic rings. The van der Waals surface area contributed by atoms with Crippen molar-refractivity contribution in [1.82, 2.24) is 15.0 Å². The van der Waals surface area contributed by atoms with Gasteiger partial charge in [0, 0.05) is 16.7 Å². The summed E-state index contributed by atoms with van der Waals surface area (Å²) in [6, 6.07) is 36.6. The number of halogens is 1. The van der Waals surface area contributed by atoms with Crippen molar-refractivity contribution in [3.63, 3.8) is 0 Å². The van der Waals surface area contributed by atoms with Gasteiger partial charge in [0.1, 0.15) is 0 Å². The van der Waals surface area contributed by atoms with Gasteiger partial charge in [-0.25, -0.2) is 15.0 Å². The molecule has 0 aliphatic heterocycles. The molecule has 0 fully saturated rings. The highest BCUT2D eigenvalue weighted by Crippen LogP contribution is 2.35. The molecular formula is C29H18ClN3. The SMILES string of the molecule is Clc1ccccc1-c1nc(-c2ccccc2)nc(-c2cc3ccccc3c3ccccc23)n1. The second kappa shape index (κ2) is 8.12. The normalized spacial score (nSPS) is 11.2. The highest BCUT2D eigenvalue weighted by Gasteiger charge is 2.16. The van der Waals surface area contributed by atoms with Gasteiger partial charge in [-0.15, -0.1) is 0 Å². The molecule has 5 aromatic carbocycles. The van der Waals surface area contributed by atoms with Gasteiger partial charge in [-0.2, -0.15) is 0 Å². The molecule has 0 aliphatic rings. The van der Waals surface area contributed by atoms with E-state index in [-0.39, 0.29) is 0 Å². The van der Waals surface area contributed by atoms with Gasteiger partial charge in [-0.3, -0.25) is 0 Å². The fourth-order valence-corrected chi connectivity index (χ4v) is 4.44. The second-order valence-electron chi connectivity index (χ2n) is 7.84. The van der Waals surface area contributed by atoms with Crippen molar-refractivity contribution >= 4 is 33.1 Å². The van der Waals surface area contributed by atoms with E-state index < -0.39 is 0 Å². The molecule has 0 saturated heterocycles. The van der Waals surface area contributed by atoms with Crippen LogP contribution in [-0.4, -0.2) is 15.0 Å². The first kappa shape index (κ1) is 19.6. The Kier molecular flexibility index (Phi) is 4.82. The zero-order valence-electron chi connectivity index (χ0n) is 17.6. The first-order valence-corrected chi connectivity index (χ1v) is 11.1. The highest BCUT2D eigenvalue weighted by atomic mass is 35.5. The number of aromatic nitrogens is 3. The van der Waals surface area contributed by atoms with Crippen molar-refractivity contribution in [2.75, 3.05) is 0 Å². The van der Waals surface area contributed by atoms with Crippen LogP contribution in [-0.2, 0) is 0 Å². The summed E-state index contributed by atoms with van der Waals surface area (Å²) in [6.07, 6.45) is 0. The predicted octanol–water partition coefficient (Wildman–Crippen LogP) is 7.83. The van der Waals surface area contributed by atoms with Crippen LogP contribution in [0.3, 0.4) is 0 Å². The van der Waals surface area contributed by atoms with Gasteiger partial charge in [0.25, 0.3) is 0 Å². The van der Waals surface area contributed by atoms with Crippen LogP contribution in [0.15, 0.2) is 109 Å². The van der Waals surface area contributed by atoms with Gasteiger partial charge in [-0.05, 0) is 39.7 Å². The molecule has 1 aromatic heterocycles. The van der Waals surface area contributed by atoms with Gasteiger partial charge in [0.2, 0.25) is 0 Å². The molecule has 0 amide bonds. The molecule has 0 atom stereocenters. The van der Waals surface area contributed by atoms with Gasteiger partial charge in [-0.1, -0.05) is 103 Å². The summed E-state index contributed by atoms with van der Waals surface area (Å²) in [7, 11) is 0.